The van der Waals surface area contributed by atoms with Crippen LogP contribution in [-0.2, 0) is 13.0 Å². The van der Waals surface area contributed by atoms with Crippen LogP contribution in [0.2, 0.25) is 0 Å². The van der Waals surface area contributed by atoms with Gasteiger partial charge in [0, 0.05) is 17.3 Å². The molecule has 0 bridgehead atoms. The molecule has 0 aliphatic heterocycles. The normalized spacial score (nSPS) is 17.9. The summed E-state index contributed by atoms with van der Waals surface area (Å²) in [6.07, 6.45) is 6.45. The largest absolute Gasteiger partial charge is 0.326 e. The zero-order chi connectivity index (χ0) is 9.97. The Morgan fingerprint density at radius 3 is 2.64 bits per heavy atom. The molecule has 14 heavy (non-hydrogen) atoms. The number of aryl methyl sites for hydroxylation is 1. The lowest BCUT2D eigenvalue weighted by Gasteiger charge is -2.02. The summed E-state index contributed by atoms with van der Waals surface area (Å²) in [7, 11) is 0. The fraction of sp³-hybridized carbons (Fsp3) is 0.727. The summed E-state index contributed by atoms with van der Waals surface area (Å²) in [6.45, 7) is 2.82. The highest BCUT2D eigenvalue weighted by molar-refractivity contribution is 7.11. The lowest BCUT2D eigenvalue weighted by Crippen LogP contribution is -1.97. The average Bonchev–Trinajstić information content (AvgIpc) is 2.85. The van der Waals surface area contributed by atoms with Crippen molar-refractivity contribution < 1.29 is 0 Å². The molecule has 0 unspecified atom stereocenters. The highest BCUT2D eigenvalue weighted by atomic mass is 32.1. The summed E-state index contributed by atoms with van der Waals surface area (Å²) >= 11 is 1.85. The molecule has 0 amide bonds. The first-order chi connectivity index (χ1) is 6.85. The van der Waals surface area contributed by atoms with E-state index in [4.69, 9.17) is 10.7 Å². The first-order valence-corrected chi connectivity index (χ1v) is 6.35. The zero-order valence-electron chi connectivity index (χ0n) is 8.75. The van der Waals surface area contributed by atoms with Crippen LogP contribution in [0.3, 0.4) is 0 Å². The van der Waals surface area contributed by atoms with Crippen molar-refractivity contribution in [2.45, 2.75) is 51.5 Å². The van der Waals surface area contributed by atoms with Crippen molar-refractivity contribution in [2.75, 3.05) is 0 Å². The predicted octanol–water partition coefficient (Wildman–Crippen LogP) is 2.82. The van der Waals surface area contributed by atoms with Gasteiger partial charge in [-0.3, -0.25) is 0 Å². The highest BCUT2D eigenvalue weighted by Crippen LogP contribution is 2.37. The van der Waals surface area contributed by atoms with Gasteiger partial charge in [0.2, 0.25) is 0 Å². The van der Waals surface area contributed by atoms with Gasteiger partial charge in [0.25, 0.3) is 0 Å². The second kappa shape index (κ2) is 4.41. The smallest absolute Gasteiger partial charge is 0.0962 e. The van der Waals surface area contributed by atoms with E-state index in [1.165, 1.54) is 41.3 Å². The van der Waals surface area contributed by atoms with Crippen LogP contribution in [0.4, 0.5) is 0 Å². The van der Waals surface area contributed by atoms with E-state index in [0.29, 0.717) is 6.54 Å². The monoisotopic (exact) mass is 210 g/mol. The number of nitrogens with zero attached hydrogens (tertiary/aromatic N) is 1. The van der Waals surface area contributed by atoms with Crippen LogP contribution in [0.5, 0.6) is 0 Å². The maximum atomic E-state index is 5.71. The van der Waals surface area contributed by atoms with E-state index in [0.717, 1.165) is 12.3 Å². The molecule has 78 valence electrons. The van der Waals surface area contributed by atoms with Crippen molar-refractivity contribution in [1.29, 1.82) is 0 Å². The van der Waals surface area contributed by atoms with Crippen LogP contribution in [0.1, 0.15) is 54.1 Å². The van der Waals surface area contributed by atoms with Crippen molar-refractivity contribution in [1.82, 2.24) is 4.98 Å². The van der Waals surface area contributed by atoms with Crippen molar-refractivity contribution in [3.63, 3.8) is 0 Å². The molecule has 1 heterocycles. The number of aromatic nitrogens is 1. The third kappa shape index (κ3) is 1.84. The van der Waals surface area contributed by atoms with Gasteiger partial charge in [-0.1, -0.05) is 19.8 Å². The summed E-state index contributed by atoms with van der Waals surface area (Å²) in [5, 5.41) is 1.35. The van der Waals surface area contributed by atoms with Gasteiger partial charge in [0.1, 0.15) is 0 Å². The van der Waals surface area contributed by atoms with E-state index < -0.39 is 0 Å². The third-order valence-corrected chi connectivity index (χ3v) is 4.30. The van der Waals surface area contributed by atoms with Crippen LogP contribution < -0.4 is 5.73 Å². The molecule has 2 nitrogen and oxygen atoms in total. The SMILES string of the molecule is CCc1nc(C2CCCC2)sc1CN. The van der Waals surface area contributed by atoms with E-state index >= 15 is 0 Å². The maximum absolute atomic E-state index is 5.71. The molecule has 2 rings (SSSR count). The minimum absolute atomic E-state index is 0.660. The van der Waals surface area contributed by atoms with Gasteiger partial charge < -0.3 is 5.73 Å². The minimum atomic E-state index is 0.660. The molecule has 1 fully saturated rings. The zero-order valence-corrected chi connectivity index (χ0v) is 9.57. The fourth-order valence-electron chi connectivity index (χ4n) is 2.19. The summed E-state index contributed by atoms with van der Waals surface area (Å²) in [5.41, 5.74) is 6.94. The number of rotatable bonds is 3. The standard InChI is InChI=1S/C11H18N2S/c1-2-9-10(7-12)14-11(13-9)8-5-3-4-6-8/h8H,2-7,12H2,1H3. The van der Waals surface area contributed by atoms with Crippen LogP contribution in [0.25, 0.3) is 0 Å². The van der Waals surface area contributed by atoms with Gasteiger partial charge in [0.05, 0.1) is 10.7 Å². The molecule has 1 aromatic heterocycles. The molecule has 2 N–H and O–H groups in total. The van der Waals surface area contributed by atoms with Crippen LogP contribution >= 0.6 is 11.3 Å². The summed E-state index contributed by atoms with van der Waals surface area (Å²) in [4.78, 5) is 6.02. The lowest BCUT2D eigenvalue weighted by atomic mass is 10.1. The molecule has 0 radical (unpaired) electrons. The molecule has 1 saturated carbocycles. The Labute approximate surface area is 89.5 Å². The van der Waals surface area contributed by atoms with Gasteiger partial charge in [-0.2, -0.15) is 0 Å². The van der Waals surface area contributed by atoms with Crippen molar-refractivity contribution >= 4 is 11.3 Å². The molecule has 0 aromatic carbocycles. The number of nitrogens with two attached hydrogens (primary N) is 1. The van der Waals surface area contributed by atoms with Gasteiger partial charge in [-0.05, 0) is 19.3 Å². The number of hydrogen-bond acceptors (Lipinski definition) is 3. The quantitative estimate of drug-likeness (QED) is 0.833. The van der Waals surface area contributed by atoms with Crippen LogP contribution in [0.15, 0.2) is 0 Å². The van der Waals surface area contributed by atoms with E-state index in [9.17, 15) is 0 Å². The topological polar surface area (TPSA) is 38.9 Å². The Balaban J connectivity index is 2.21. The van der Waals surface area contributed by atoms with Crippen molar-refractivity contribution in [2.24, 2.45) is 5.73 Å². The Morgan fingerprint density at radius 2 is 2.14 bits per heavy atom. The third-order valence-electron chi connectivity index (χ3n) is 3.02. The highest BCUT2D eigenvalue weighted by Gasteiger charge is 2.21. The molecular weight excluding hydrogens is 192 g/mol. The van der Waals surface area contributed by atoms with Gasteiger partial charge in [-0.25, -0.2) is 4.98 Å². The molecule has 0 spiro atoms. The summed E-state index contributed by atoms with van der Waals surface area (Å²) < 4.78 is 0. The minimum Gasteiger partial charge on any atom is -0.326 e. The van der Waals surface area contributed by atoms with Crippen molar-refractivity contribution in [3.8, 4) is 0 Å². The average molecular weight is 210 g/mol. The molecular formula is C11H18N2S. The molecule has 0 atom stereocenters. The van der Waals surface area contributed by atoms with Crippen LogP contribution in [0, 0.1) is 0 Å². The maximum Gasteiger partial charge on any atom is 0.0962 e. The van der Waals surface area contributed by atoms with Gasteiger partial charge in [-0.15, -0.1) is 11.3 Å². The Kier molecular flexibility index (Phi) is 3.19. The molecule has 0 saturated heterocycles. The predicted molar refractivity (Wildman–Crippen MR) is 60.6 cm³/mol. The summed E-state index contributed by atoms with van der Waals surface area (Å²) in [6, 6.07) is 0. The number of hydrogen-bond donors (Lipinski definition) is 1. The fourth-order valence-corrected chi connectivity index (χ4v) is 3.39. The molecule has 3 heteroatoms. The Morgan fingerprint density at radius 1 is 1.43 bits per heavy atom. The summed E-state index contributed by atoms with van der Waals surface area (Å²) in [5.74, 6) is 0.741. The molecule has 1 aromatic rings. The van der Waals surface area contributed by atoms with Gasteiger partial charge in [0.15, 0.2) is 0 Å². The Bertz CT molecular complexity index is 279. The van der Waals surface area contributed by atoms with Crippen LogP contribution in [-0.4, -0.2) is 4.98 Å². The van der Waals surface area contributed by atoms with Crippen molar-refractivity contribution in [3.05, 3.63) is 15.6 Å². The number of thiazole rings is 1. The van der Waals surface area contributed by atoms with E-state index in [1.807, 2.05) is 11.3 Å². The van der Waals surface area contributed by atoms with E-state index in [1.54, 1.807) is 0 Å². The second-order valence-electron chi connectivity index (χ2n) is 3.96. The first-order valence-electron chi connectivity index (χ1n) is 5.53. The molecule has 1 aliphatic rings. The second-order valence-corrected chi connectivity index (χ2v) is 5.08. The Hall–Kier alpha value is -0.410. The first kappa shape index (κ1) is 10.1. The lowest BCUT2D eigenvalue weighted by molar-refractivity contribution is 0.712. The van der Waals surface area contributed by atoms with E-state index in [-0.39, 0.29) is 0 Å². The molecule has 1 aliphatic carbocycles. The van der Waals surface area contributed by atoms with Gasteiger partial charge >= 0.3 is 0 Å². The van der Waals surface area contributed by atoms with E-state index in [2.05, 4.69) is 6.92 Å².